The van der Waals surface area contributed by atoms with Crippen molar-refractivity contribution in [2.45, 2.75) is 19.4 Å². The topological polar surface area (TPSA) is 58.3 Å². The highest BCUT2D eigenvalue weighted by atomic mass is 15.3. The SMILES string of the molecule is CN(CCN1CCCC1)c1ncc(CN)cn1. The van der Waals surface area contributed by atoms with Gasteiger partial charge in [0.05, 0.1) is 0 Å². The smallest absolute Gasteiger partial charge is 0.225 e. The Morgan fingerprint density at radius 2 is 1.94 bits per heavy atom. The van der Waals surface area contributed by atoms with Gasteiger partial charge in [-0.1, -0.05) is 0 Å². The molecular weight excluding hydrogens is 214 g/mol. The lowest BCUT2D eigenvalue weighted by Gasteiger charge is -2.21. The number of hydrogen-bond acceptors (Lipinski definition) is 5. The maximum atomic E-state index is 5.52. The fourth-order valence-electron chi connectivity index (χ4n) is 2.05. The normalized spacial score (nSPS) is 16.4. The summed E-state index contributed by atoms with van der Waals surface area (Å²) in [5.41, 5.74) is 6.49. The van der Waals surface area contributed by atoms with E-state index in [0.717, 1.165) is 24.6 Å². The third-order valence-electron chi connectivity index (χ3n) is 3.22. The predicted molar refractivity (Wildman–Crippen MR) is 68.9 cm³/mol. The molecule has 5 nitrogen and oxygen atoms in total. The van der Waals surface area contributed by atoms with E-state index < -0.39 is 0 Å². The lowest BCUT2D eigenvalue weighted by molar-refractivity contribution is 0.346. The van der Waals surface area contributed by atoms with Gasteiger partial charge >= 0.3 is 0 Å². The second-order valence-corrected chi connectivity index (χ2v) is 4.57. The highest BCUT2D eigenvalue weighted by Gasteiger charge is 2.12. The van der Waals surface area contributed by atoms with Crippen LogP contribution in [0.25, 0.3) is 0 Å². The molecule has 1 aliphatic rings. The molecule has 0 atom stereocenters. The Bertz CT molecular complexity index is 331. The van der Waals surface area contributed by atoms with Gasteiger partial charge in [0.25, 0.3) is 0 Å². The quantitative estimate of drug-likeness (QED) is 0.804. The zero-order valence-corrected chi connectivity index (χ0v) is 10.5. The molecule has 5 heteroatoms. The Balaban J connectivity index is 1.83. The van der Waals surface area contributed by atoms with Gasteiger partial charge in [-0.2, -0.15) is 0 Å². The van der Waals surface area contributed by atoms with Crippen LogP contribution in [0.1, 0.15) is 18.4 Å². The van der Waals surface area contributed by atoms with Crippen LogP contribution in [0.15, 0.2) is 12.4 Å². The summed E-state index contributed by atoms with van der Waals surface area (Å²) in [6.07, 6.45) is 6.28. The molecule has 1 aromatic heterocycles. The van der Waals surface area contributed by atoms with E-state index in [2.05, 4.69) is 19.8 Å². The van der Waals surface area contributed by atoms with Gasteiger partial charge in [0.15, 0.2) is 0 Å². The van der Waals surface area contributed by atoms with Gasteiger partial charge in [0, 0.05) is 44.6 Å². The maximum Gasteiger partial charge on any atom is 0.225 e. The number of anilines is 1. The van der Waals surface area contributed by atoms with Gasteiger partial charge in [-0.05, 0) is 25.9 Å². The summed E-state index contributed by atoms with van der Waals surface area (Å²) in [5, 5.41) is 0. The van der Waals surface area contributed by atoms with Crippen molar-refractivity contribution in [2.24, 2.45) is 5.73 Å². The average Bonchev–Trinajstić information content (AvgIpc) is 2.89. The summed E-state index contributed by atoms with van der Waals surface area (Å²) in [7, 11) is 2.04. The van der Waals surface area contributed by atoms with E-state index in [1.807, 2.05) is 7.05 Å². The summed E-state index contributed by atoms with van der Waals surface area (Å²) >= 11 is 0. The molecule has 1 saturated heterocycles. The number of likely N-dealkylation sites (tertiary alicyclic amines) is 1. The number of aromatic nitrogens is 2. The molecule has 0 spiro atoms. The molecule has 1 aromatic rings. The number of likely N-dealkylation sites (N-methyl/N-ethyl adjacent to an activating group) is 1. The zero-order chi connectivity index (χ0) is 12.1. The van der Waals surface area contributed by atoms with Crippen molar-refractivity contribution in [2.75, 3.05) is 38.1 Å². The lowest BCUT2D eigenvalue weighted by atomic mass is 10.3. The van der Waals surface area contributed by atoms with Crippen LogP contribution in [0.4, 0.5) is 5.95 Å². The molecule has 0 aliphatic carbocycles. The first kappa shape index (κ1) is 12.3. The summed E-state index contributed by atoms with van der Waals surface area (Å²) < 4.78 is 0. The largest absolute Gasteiger partial charge is 0.343 e. The number of hydrogen-bond donors (Lipinski definition) is 1. The molecule has 0 amide bonds. The Kier molecular flexibility index (Phi) is 4.28. The van der Waals surface area contributed by atoms with Crippen molar-refractivity contribution in [1.82, 2.24) is 14.9 Å². The Morgan fingerprint density at radius 1 is 1.29 bits per heavy atom. The van der Waals surface area contributed by atoms with E-state index in [4.69, 9.17) is 5.73 Å². The third kappa shape index (κ3) is 3.38. The van der Waals surface area contributed by atoms with Crippen LogP contribution in [0, 0.1) is 0 Å². The molecule has 17 heavy (non-hydrogen) atoms. The second-order valence-electron chi connectivity index (χ2n) is 4.57. The van der Waals surface area contributed by atoms with E-state index in [1.54, 1.807) is 12.4 Å². The molecule has 0 radical (unpaired) electrons. The van der Waals surface area contributed by atoms with Crippen LogP contribution in [0.3, 0.4) is 0 Å². The minimum Gasteiger partial charge on any atom is -0.343 e. The molecule has 94 valence electrons. The van der Waals surface area contributed by atoms with Crippen molar-refractivity contribution in [3.05, 3.63) is 18.0 Å². The summed E-state index contributed by atoms with van der Waals surface area (Å²) in [4.78, 5) is 13.2. The first-order valence-electron chi connectivity index (χ1n) is 6.24. The third-order valence-corrected chi connectivity index (χ3v) is 3.22. The minimum absolute atomic E-state index is 0.498. The van der Waals surface area contributed by atoms with E-state index in [9.17, 15) is 0 Å². The lowest BCUT2D eigenvalue weighted by Crippen LogP contribution is -2.32. The average molecular weight is 235 g/mol. The predicted octanol–water partition coefficient (Wildman–Crippen LogP) is 0.467. The van der Waals surface area contributed by atoms with Crippen molar-refractivity contribution < 1.29 is 0 Å². The number of nitrogens with zero attached hydrogens (tertiary/aromatic N) is 4. The minimum atomic E-state index is 0.498. The monoisotopic (exact) mass is 235 g/mol. The summed E-state index contributed by atoms with van der Waals surface area (Å²) in [6.45, 7) is 5.04. The Morgan fingerprint density at radius 3 is 2.53 bits per heavy atom. The van der Waals surface area contributed by atoms with Crippen molar-refractivity contribution in [3.63, 3.8) is 0 Å². The second kappa shape index (κ2) is 5.93. The molecule has 0 saturated carbocycles. The van der Waals surface area contributed by atoms with E-state index in [0.29, 0.717) is 6.54 Å². The summed E-state index contributed by atoms with van der Waals surface area (Å²) in [5.74, 6) is 0.779. The van der Waals surface area contributed by atoms with Crippen LogP contribution >= 0.6 is 0 Å². The number of nitrogens with two attached hydrogens (primary N) is 1. The highest BCUT2D eigenvalue weighted by Crippen LogP contribution is 2.08. The molecule has 2 N–H and O–H groups in total. The molecule has 1 aliphatic heterocycles. The van der Waals surface area contributed by atoms with Gasteiger partial charge in [-0.25, -0.2) is 9.97 Å². The van der Waals surface area contributed by atoms with Gasteiger partial charge in [-0.3, -0.25) is 0 Å². The molecule has 2 heterocycles. The van der Waals surface area contributed by atoms with Crippen LogP contribution in [-0.2, 0) is 6.54 Å². The van der Waals surface area contributed by atoms with E-state index in [1.165, 1.54) is 25.9 Å². The molecule has 0 bridgehead atoms. The number of rotatable bonds is 5. The molecular formula is C12H21N5. The van der Waals surface area contributed by atoms with Crippen LogP contribution < -0.4 is 10.6 Å². The first-order valence-corrected chi connectivity index (χ1v) is 6.24. The van der Waals surface area contributed by atoms with Gasteiger partial charge in [0.2, 0.25) is 5.95 Å². The van der Waals surface area contributed by atoms with E-state index >= 15 is 0 Å². The zero-order valence-electron chi connectivity index (χ0n) is 10.5. The van der Waals surface area contributed by atoms with Crippen molar-refractivity contribution in [1.29, 1.82) is 0 Å². The standard InChI is InChI=1S/C12H21N5/c1-16(6-7-17-4-2-3-5-17)12-14-9-11(8-13)10-15-12/h9-10H,2-8,13H2,1H3. The summed E-state index contributed by atoms with van der Waals surface area (Å²) in [6, 6.07) is 0. The van der Waals surface area contributed by atoms with Crippen molar-refractivity contribution in [3.8, 4) is 0 Å². The molecule has 0 unspecified atom stereocenters. The van der Waals surface area contributed by atoms with Gasteiger partial charge < -0.3 is 15.5 Å². The molecule has 1 fully saturated rings. The van der Waals surface area contributed by atoms with Crippen LogP contribution in [-0.4, -0.2) is 48.1 Å². The fourth-order valence-corrected chi connectivity index (χ4v) is 2.05. The van der Waals surface area contributed by atoms with Crippen LogP contribution in [0.5, 0.6) is 0 Å². The van der Waals surface area contributed by atoms with E-state index in [-0.39, 0.29) is 0 Å². The van der Waals surface area contributed by atoms with Crippen molar-refractivity contribution >= 4 is 5.95 Å². The van der Waals surface area contributed by atoms with Gasteiger partial charge in [0.1, 0.15) is 0 Å². The highest BCUT2D eigenvalue weighted by molar-refractivity contribution is 5.28. The van der Waals surface area contributed by atoms with Crippen LogP contribution in [0.2, 0.25) is 0 Å². The molecule has 0 aromatic carbocycles. The van der Waals surface area contributed by atoms with Gasteiger partial charge in [-0.15, -0.1) is 0 Å². The Hall–Kier alpha value is -1.20. The molecule has 2 rings (SSSR count). The Labute approximate surface area is 103 Å². The maximum absolute atomic E-state index is 5.52. The first-order chi connectivity index (χ1) is 8.29. The fraction of sp³-hybridized carbons (Fsp3) is 0.667.